The zero-order valence-electron chi connectivity index (χ0n) is 31.5. The number of hydrogen-bond donors (Lipinski definition) is 0. The lowest BCUT2D eigenvalue weighted by atomic mass is 9.80. The third-order valence-electron chi connectivity index (χ3n) is 10.5. The fourth-order valence-corrected chi connectivity index (χ4v) is 7.78. The second-order valence-corrected chi connectivity index (χ2v) is 13.9. The number of esters is 2. The van der Waals surface area contributed by atoms with E-state index in [0.717, 1.165) is 21.6 Å². The number of nitrogens with zero attached hydrogens (tertiary/aromatic N) is 1. The van der Waals surface area contributed by atoms with Crippen molar-refractivity contribution in [3.05, 3.63) is 215 Å². The molecule has 290 valence electrons. The van der Waals surface area contributed by atoms with Crippen LogP contribution in [0.2, 0.25) is 0 Å². The maximum atomic E-state index is 14.4. The van der Waals surface area contributed by atoms with Gasteiger partial charge in [0.1, 0.15) is 17.7 Å². The van der Waals surface area contributed by atoms with E-state index in [1.807, 2.05) is 91.0 Å². The molecule has 0 N–H and O–H groups in total. The topological polar surface area (TPSA) is 118 Å². The number of amides is 2. The van der Waals surface area contributed by atoms with Crippen LogP contribution in [-0.2, 0) is 29.3 Å². The number of carbonyl (C=O) groups is 4. The van der Waals surface area contributed by atoms with Gasteiger partial charge in [-0.15, -0.1) is 0 Å². The van der Waals surface area contributed by atoms with Crippen molar-refractivity contribution in [1.82, 2.24) is 4.90 Å². The Morgan fingerprint density at radius 1 is 0.552 bits per heavy atom. The molecule has 1 fully saturated rings. The summed E-state index contributed by atoms with van der Waals surface area (Å²) in [7, 11) is 1.37. The first-order valence-electron chi connectivity index (χ1n) is 18.9. The largest absolute Gasteiger partial charge is 0.452 e. The highest BCUT2D eigenvalue weighted by molar-refractivity contribution is 6.21. The molecule has 8 rings (SSSR count). The van der Waals surface area contributed by atoms with Crippen LogP contribution in [0.4, 0.5) is 0 Å². The van der Waals surface area contributed by atoms with Crippen LogP contribution in [0.3, 0.4) is 0 Å². The van der Waals surface area contributed by atoms with Crippen LogP contribution in [-0.4, -0.2) is 73.0 Å². The maximum absolute atomic E-state index is 14.4. The van der Waals surface area contributed by atoms with Crippen molar-refractivity contribution in [1.29, 1.82) is 0 Å². The van der Waals surface area contributed by atoms with E-state index in [4.69, 9.17) is 23.7 Å². The summed E-state index contributed by atoms with van der Waals surface area (Å²) in [4.78, 5) is 57.8. The molecule has 5 atom stereocenters. The van der Waals surface area contributed by atoms with Gasteiger partial charge in [0.2, 0.25) is 0 Å². The smallest absolute Gasteiger partial charge is 0.338 e. The SMILES string of the molecule is CO[C@@H]1O[C@H](COC(c2ccccc2)(c2ccccc2)c2ccccc2)[C@@H](N2C(=O)c3ccccc3C2=O)[C@H](OC(=O)c2ccccc2)[C@H]1OC(=O)c1ccccc1. The molecule has 58 heavy (non-hydrogen) atoms. The Balaban J connectivity index is 1.28. The van der Waals surface area contributed by atoms with E-state index < -0.39 is 60.0 Å². The number of ether oxygens (including phenoxy) is 5. The van der Waals surface area contributed by atoms with Gasteiger partial charge in [-0.25, -0.2) is 9.59 Å². The predicted molar refractivity (Wildman–Crippen MR) is 213 cm³/mol. The Morgan fingerprint density at radius 2 is 0.931 bits per heavy atom. The third-order valence-corrected chi connectivity index (χ3v) is 10.5. The van der Waals surface area contributed by atoms with Crippen molar-refractivity contribution >= 4 is 23.8 Å². The molecule has 6 aromatic rings. The highest BCUT2D eigenvalue weighted by Crippen LogP contribution is 2.42. The monoisotopic (exact) mass is 773 g/mol. The summed E-state index contributed by atoms with van der Waals surface area (Å²) in [6.07, 6.45) is -5.52. The summed E-state index contributed by atoms with van der Waals surface area (Å²) in [6.45, 7) is -0.268. The van der Waals surface area contributed by atoms with Gasteiger partial charge >= 0.3 is 11.9 Å². The first-order valence-corrected chi connectivity index (χ1v) is 18.9. The second kappa shape index (κ2) is 16.8. The van der Waals surface area contributed by atoms with Crippen molar-refractivity contribution < 1.29 is 42.9 Å². The van der Waals surface area contributed by atoms with Crippen molar-refractivity contribution in [3.8, 4) is 0 Å². The van der Waals surface area contributed by atoms with Crippen LogP contribution in [0.1, 0.15) is 58.1 Å². The van der Waals surface area contributed by atoms with Gasteiger partial charge in [0.15, 0.2) is 18.5 Å². The molecule has 2 heterocycles. The van der Waals surface area contributed by atoms with Crippen LogP contribution < -0.4 is 0 Å². The number of methoxy groups -OCH3 is 1. The number of fused-ring (bicyclic) bond motifs is 1. The zero-order chi connectivity index (χ0) is 40.1. The van der Waals surface area contributed by atoms with Gasteiger partial charge in [-0.2, -0.15) is 0 Å². The highest BCUT2D eigenvalue weighted by atomic mass is 16.7. The van der Waals surface area contributed by atoms with Crippen LogP contribution >= 0.6 is 0 Å². The molecule has 2 amide bonds. The molecule has 0 bridgehead atoms. The minimum atomic E-state index is -1.51. The van der Waals surface area contributed by atoms with Gasteiger partial charge in [-0.1, -0.05) is 140 Å². The van der Waals surface area contributed by atoms with E-state index in [0.29, 0.717) is 0 Å². The summed E-state index contributed by atoms with van der Waals surface area (Å²) in [5, 5.41) is 0. The van der Waals surface area contributed by atoms with Crippen LogP contribution in [0.15, 0.2) is 176 Å². The van der Waals surface area contributed by atoms with Gasteiger partial charge < -0.3 is 23.7 Å². The molecule has 6 aromatic carbocycles. The van der Waals surface area contributed by atoms with Crippen LogP contribution in [0.25, 0.3) is 0 Å². The van der Waals surface area contributed by atoms with Gasteiger partial charge in [0.25, 0.3) is 11.8 Å². The van der Waals surface area contributed by atoms with Gasteiger partial charge in [-0.3, -0.25) is 14.5 Å². The average molecular weight is 774 g/mol. The molecule has 2 aliphatic heterocycles. The van der Waals surface area contributed by atoms with E-state index in [1.54, 1.807) is 84.9 Å². The minimum Gasteiger partial charge on any atom is -0.452 e. The van der Waals surface area contributed by atoms with Crippen molar-refractivity contribution in [2.24, 2.45) is 0 Å². The number of hydrogen-bond acceptors (Lipinski definition) is 9. The van der Waals surface area contributed by atoms with Gasteiger partial charge in [0.05, 0.1) is 28.9 Å². The summed E-state index contributed by atoms with van der Waals surface area (Å²) >= 11 is 0. The van der Waals surface area contributed by atoms with Crippen molar-refractivity contribution in [2.75, 3.05) is 13.7 Å². The first-order chi connectivity index (χ1) is 28.4. The van der Waals surface area contributed by atoms with Gasteiger partial charge in [-0.05, 0) is 53.1 Å². The van der Waals surface area contributed by atoms with E-state index in [9.17, 15) is 19.2 Å². The molecule has 0 spiro atoms. The fourth-order valence-electron chi connectivity index (χ4n) is 7.78. The lowest BCUT2D eigenvalue weighted by Gasteiger charge is -2.48. The second-order valence-electron chi connectivity index (χ2n) is 13.9. The number of imide groups is 1. The Labute approximate surface area is 335 Å². The Hall–Kier alpha value is -6.72. The lowest BCUT2D eigenvalue weighted by Crippen LogP contribution is -2.67. The maximum Gasteiger partial charge on any atom is 0.338 e. The highest BCUT2D eigenvalue weighted by Gasteiger charge is 2.58. The van der Waals surface area contributed by atoms with E-state index in [1.165, 1.54) is 7.11 Å². The molecular weight excluding hydrogens is 735 g/mol. The third kappa shape index (κ3) is 7.20. The zero-order valence-corrected chi connectivity index (χ0v) is 31.5. The summed E-state index contributed by atoms with van der Waals surface area (Å²) in [5.41, 5.74) is 1.89. The first kappa shape index (κ1) is 38.2. The molecule has 0 radical (unpaired) electrons. The van der Waals surface area contributed by atoms with E-state index >= 15 is 0 Å². The molecule has 10 heteroatoms. The fraction of sp³-hybridized carbons (Fsp3) is 0.167. The average Bonchev–Trinajstić information content (AvgIpc) is 3.54. The molecule has 0 aliphatic carbocycles. The normalized spacial score (nSPS) is 20.3. The molecule has 0 aromatic heterocycles. The number of benzene rings is 6. The Kier molecular flexibility index (Phi) is 11.0. The number of rotatable bonds is 12. The summed E-state index contributed by atoms with van der Waals surface area (Å²) in [5.74, 6) is -2.81. The molecule has 10 nitrogen and oxygen atoms in total. The molecular formula is C48H39NO9. The summed E-state index contributed by atoms with van der Waals surface area (Å²) in [6, 6.07) is 50.7. The van der Waals surface area contributed by atoms with Crippen LogP contribution in [0.5, 0.6) is 0 Å². The minimum absolute atomic E-state index is 0.166. The summed E-state index contributed by atoms with van der Waals surface area (Å²) < 4.78 is 32.2. The van der Waals surface area contributed by atoms with E-state index in [2.05, 4.69) is 0 Å². The standard InChI is InChI=1S/C48H39NO9/c1-54-47-42(58-46(53)33-21-9-3-10-22-33)41(57-45(52)32-19-7-2-8-20-32)40(49-43(50)37-29-17-18-30-38(37)44(49)51)39(56-47)31-55-48(34-23-11-4-12-24-34,35-25-13-5-14-26-35)36-27-15-6-16-28-36/h2-30,39-42,47H,31H2,1H3/t39-,40-,41+,42-,47-/m1/s1. The molecule has 2 aliphatic rings. The quantitative estimate of drug-likeness (QED) is 0.0709. The van der Waals surface area contributed by atoms with Crippen LogP contribution in [0, 0.1) is 0 Å². The molecule has 0 saturated carbocycles. The predicted octanol–water partition coefficient (Wildman–Crippen LogP) is 7.48. The van der Waals surface area contributed by atoms with E-state index in [-0.39, 0.29) is 28.9 Å². The Morgan fingerprint density at radius 3 is 1.34 bits per heavy atom. The number of carbonyl (C=O) groups excluding carboxylic acids is 4. The van der Waals surface area contributed by atoms with Gasteiger partial charge in [0, 0.05) is 7.11 Å². The molecule has 1 saturated heterocycles. The Bertz CT molecular complexity index is 2240. The van der Waals surface area contributed by atoms with Crippen molar-refractivity contribution in [2.45, 2.75) is 36.2 Å². The lowest BCUT2D eigenvalue weighted by molar-refractivity contribution is -0.281. The molecule has 0 unspecified atom stereocenters. The van der Waals surface area contributed by atoms with Crippen molar-refractivity contribution in [3.63, 3.8) is 0 Å².